The number of sulfonamides is 1. The molecule has 1 heterocycles. The summed E-state index contributed by atoms with van der Waals surface area (Å²) in [5.74, 6) is 6.91. The van der Waals surface area contributed by atoms with Crippen molar-refractivity contribution in [2.45, 2.75) is 90.3 Å². The summed E-state index contributed by atoms with van der Waals surface area (Å²) >= 11 is 1.20. The number of nitrogens with zero attached hydrogens (tertiary/aromatic N) is 1. The second-order valence-corrected chi connectivity index (χ2v) is 12.3. The molecule has 0 amide bonds. The zero-order valence-electron chi connectivity index (χ0n) is 24.4. The van der Waals surface area contributed by atoms with Gasteiger partial charge in [0.2, 0.25) is 0 Å². The number of carbonyl (C=O) groups is 1. The Labute approximate surface area is 240 Å². The van der Waals surface area contributed by atoms with Crippen LogP contribution in [-0.2, 0) is 40.5 Å². The third-order valence-electron chi connectivity index (χ3n) is 7.08. The highest BCUT2D eigenvalue weighted by Gasteiger charge is 2.45. The van der Waals surface area contributed by atoms with Crippen LogP contribution in [0.5, 0.6) is 0 Å². The summed E-state index contributed by atoms with van der Waals surface area (Å²) in [4.78, 5) is 12.6. The molecule has 0 aliphatic heterocycles. The Bertz CT molecular complexity index is 1240. The van der Waals surface area contributed by atoms with E-state index in [0.29, 0.717) is 17.1 Å². The number of fused-ring (bicyclic) bond motifs is 3. The molecule has 3 atom stereocenters. The minimum absolute atomic E-state index is 0.186. The number of nitrogens with two attached hydrogens (primary N) is 1. The van der Waals surface area contributed by atoms with Gasteiger partial charge in [0, 0.05) is 18.9 Å². The molecule has 5 rings (SSSR count). The third kappa shape index (κ3) is 8.10. The van der Waals surface area contributed by atoms with Gasteiger partial charge in [0.25, 0.3) is 10.0 Å². The highest BCUT2D eigenvalue weighted by Crippen LogP contribution is 2.43. The van der Waals surface area contributed by atoms with Crippen LogP contribution < -0.4 is 5.84 Å². The maximum atomic E-state index is 13.1. The summed E-state index contributed by atoms with van der Waals surface area (Å²) in [5, 5.41) is 1.76. The van der Waals surface area contributed by atoms with Crippen LogP contribution in [0.25, 0.3) is 0 Å². The van der Waals surface area contributed by atoms with E-state index in [2.05, 4.69) is 18.2 Å². The van der Waals surface area contributed by atoms with Gasteiger partial charge in [-0.05, 0) is 71.2 Å². The maximum absolute atomic E-state index is 13.1. The fourth-order valence-electron chi connectivity index (χ4n) is 5.55. The van der Waals surface area contributed by atoms with E-state index in [-0.39, 0.29) is 23.7 Å². The summed E-state index contributed by atoms with van der Waals surface area (Å²) in [5.41, 5.74) is 4.56. The molecular weight excluding hydrogens is 524 g/mol. The van der Waals surface area contributed by atoms with Crippen molar-refractivity contribution in [1.82, 2.24) is 4.41 Å². The van der Waals surface area contributed by atoms with Crippen LogP contribution in [0.3, 0.4) is 0 Å². The quantitative estimate of drug-likeness (QED) is 0.240. The molecule has 2 aliphatic rings. The van der Waals surface area contributed by atoms with Crippen molar-refractivity contribution < 1.29 is 13.2 Å². The Morgan fingerprint density at radius 1 is 0.821 bits per heavy atom. The van der Waals surface area contributed by atoms with E-state index >= 15 is 0 Å². The second kappa shape index (κ2) is 16.1. The monoisotopic (exact) mass is 570 g/mol. The first-order valence-corrected chi connectivity index (χ1v) is 16.7. The molecule has 3 aromatic rings. The van der Waals surface area contributed by atoms with Crippen LogP contribution in [0, 0.1) is 11.8 Å². The van der Waals surface area contributed by atoms with Gasteiger partial charge >= 0.3 is 0 Å². The number of rotatable bonds is 7. The third-order valence-corrected chi connectivity index (χ3v) is 10.1. The Morgan fingerprint density at radius 2 is 1.41 bits per heavy atom. The first-order valence-electron chi connectivity index (χ1n) is 14.4. The van der Waals surface area contributed by atoms with E-state index in [0.717, 1.165) is 41.2 Å². The van der Waals surface area contributed by atoms with Crippen molar-refractivity contribution in [1.29, 1.82) is 0 Å². The fraction of sp³-hybridized carbons (Fsp3) is 0.469. The molecule has 2 aromatic carbocycles. The predicted octanol–water partition coefficient (Wildman–Crippen LogP) is 7.24. The van der Waals surface area contributed by atoms with Gasteiger partial charge in [-0.1, -0.05) is 96.1 Å². The zero-order chi connectivity index (χ0) is 29.0. The summed E-state index contributed by atoms with van der Waals surface area (Å²) in [6, 6.07) is 19.3. The van der Waals surface area contributed by atoms with Crippen LogP contribution in [0.1, 0.15) is 76.6 Å². The molecule has 2 aliphatic carbocycles. The van der Waals surface area contributed by atoms with E-state index in [9.17, 15) is 13.2 Å². The molecule has 7 heteroatoms. The second-order valence-electron chi connectivity index (χ2n) is 9.24. The number of ketones is 1. The number of thiophene rings is 1. The van der Waals surface area contributed by atoms with Gasteiger partial charge < -0.3 is 0 Å². The lowest BCUT2D eigenvalue weighted by Crippen LogP contribution is -2.50. The van der Waals surface area contributed by atoms with Crippen LogP contribution in [0.15, 0.2) is 70.3 Å². The number of benzene rings is 2. The lowest BCUT2D eigenvalue weighted by atomic mass is 9.91. The zero-order valence-corrected chi connectivity index (χ0v) is 26.0. The SMILES string of the molecule is CC.CC.CC.NN([C@H]1[C@@H]2CC[C@H]1Cc1ccc(CC(=O)Cc3ccccc3)cc1C2)S(=O)(=O)c1cccs1. The molecule has 2 bridgehead atoms. The van der Waals surface area contributed by atoms with Gasteiger partial charge in [0.15, 0.2) is 0 Å². The molecule has 5 nitrogen and oxygen atoms in total. The lowest BCUT2D eigenvalue weighted by molar-refractivity contribution is -0.117. The van der Waals surface area contributed by atoms with E-state index in [1.54, 1.807) is 17.5 Å². The van der Waals surface area contributed by atoms with Crippen molar-refractivity contribution in [2.24, 2.45) is 17.7 Å². The van der Waals surface area contributed by atoms with Gasteiger partial charge in [-0.2, -0.15) is 0 Å². The fourth-order valence-corrected chi connectivity index (χ4v) is 8.03. The highest BCUT2D eigenvalue weighted by atomic mass is 32.2. The lowest BCUT2D eigenvalue weighted by Gasteiger charge is -2.30. The number of hydrogen-bond acceptors (Lipinski definition) is 5. The standard InChI is InChI=1S/C26H28N2O3S2.3C2H6/c27-28(33(30,31)25-7-4-12-32-25)26-21-10-11-22(26)17-23-13-19(8-9-20(23)16-21)15-24(29)14-18-5-2-1-3-6-18;3*1-2/h1-9,12-13,21-22,26H,10-11,14-17,27H2;3*1-2H3/t21-,22+,26+;;;/m0.../s1. The number of hydrazine groups is 1. The van der Waals surface area contributed by atoms with Crippen LogP contribution in [-0.4, -0.2) is 24.7 Å². The first kappa shape index (κ1) is 32.9. The average molecular weight is 571 g/mol. The largest absolute Gasteiger partial charge is 0.299 e. The summed E-state index contributed by atoms with van der Waals surface area (Å²) in [6.07, 6.45) is 4.43. The molecule has 214 valence electrons. The minimum atomic E-state index is -3.69. The van der Waals surface area contributed by atoms with E-state index in [1.807, 2.05) is 71.9 Å². The summed E-state index contributed by atoms with van der Waals surface area (Å²) < 4.78 is 27.6. The molecule has 1 aromatic heterocycles. The van der Waals surface area contributed by atoms with Gasteiger partial charge in [-0.15, -0.1) is 15.8 Å². The normalized spacial score (nSPS) is 19.2. The van der Waals surface area contributed by atoms with Crippen LogP contribution in [0.2, 0.25) is 0 Å². The molecule has 0 radical (unpaired) electrons. The van der Waals surface area contributed by atoms with Gasteiger partial charge in [0.05, 0.1) is 0 Å². The number of Topliss-reactive ketones (excluding diaryl/α,β-unsaturated/α-hetero) is 1. The summed E-state index contributed by atoms with van der Waals surface area (Å²) in [6.45, 7) is 12.0. The molecule has 1 saturated carbocycles. The minimum Gasteiger partial charge on any atom is -0.299 e. The molecular formula is C32H46N2O3S2. The van der Waals surface area contributed by atoms with Crippen molar-refractivity contribution in [3.8, 4) is 0 Å². The first-order chi connectivity index (χ1) is 18.9. The van der Waals surface area contributed by atoms with Crippen molar-refractivity contribution >= 4 is 27.1 Å². The molecule has 0 unspecified atom stereocenters. The maximum Gasteiger partial charge on any atom is 0.265 e. The van der Waals surface area contributed by atoms with E-state index < -0.39 is 10.0 Å². The van der Waals surface area contributed by atoms with Gasteiger partial charge in [0.1, 0.15) is 9.99 Å². The van der Waals surface area contributed by atoms with E-state index in [4.69, 9.17) is 5.84 Å². The highest BCUT2D eigenvalue weighted by molar-refractivity contribution is 7.91. The molecule has 1 fully saturated rings. The van der Waals surface area contributed by atoms with Gasteiger partial charge in [-0.25, -0.2) is 8.42 Å². The Kier molecular flexibility index (Phi) is 13.5. The number of carbonyl (C=O) groups excluding carboxylic acids is 1. The van der Waals surface area contributed by atoms with Gasteiger partial charge in [-0.3, -0.25) is 10.6 Å². The Morgan fingerprint density at radius 3 is 2.00 bits per heavy atom. The molecule has 0 saturated heterocycles. The van der Waals surface area contributed by atoms with Crippen molar-refractivity contribution in [2.75, 3.05) is 0 Å². The summed E-state index contributed by atoms with van der Waals surface area (Å²) in [7, 11) is -3.69. The number of hydrogen-bond donors (Lipinski definition) is 1. The smallest absolute Gasteiger partial charge is 0.265 e. The van der Waals surface area contributed by atoms with Crippen molar-refractivity contribution in [3.63, 3.8) is 0 Å². The molecule has 0 spiro atoms. The predicted molar refractivity (Wildman–Crippen MR) is 164 cm³/mol. The molecule has 2 N–H and O–H groups in total. The topological polar surface area (TPSA) is 80.5 Å². The Balaban J connectivity index is 0.000000833. The van der Waals surface area contributed by atoms with Crippen molar-refractivity contribution in [3.05, 3.63) is 88.3 Å². The molecule has 39 heavy (non-hydrogen) atoms. The van der Waals surface area contributed by atoms with E-state index in [1.165, 1.54) is 22.5 Å². The van der Waals surface area contributed by atoms with Crippen LogP contribution in [0.4, 0.5) is 0 Å². The Hall–Kier alpha value is -2.32. The average Bonchev–Trinajstić information content (AvgIpc) is 3.61. The van der Waals surface area contributed by atoms with Crippen LogP contribution >= 0.6 is 11.3 Å².